The van der Waals surface area contributed by atoms with E-state index in [0.29, 0.717) is 0 Å². The van der Waals surface area contributed by atoms with E-state index < -0.39 is 5.41 Å². The van der Waals surface area contributed by atoms with E-state index in [-0.39, 0.29) is 0 Å². The summed E-state index contributed by atoms with van der Waals surface area (Å²) in [7, 11) is 0. The first-order valence-corrected chi connectivity index (χ1v) is 21.3. The Morgan fingerprint density at radius 2 is 0.917 bits per heavy atom. The number of anilines is 3. The smallest absolute Gasteiger partial charge is 0.135 e. The minimum absolute atomic E-state index is 0.452. The van der Waals surface area contributed by atoms with Gasteiger partial charge in [0.15, 0.2) is 0 Å². The van der Waals surface area contributed by atoms with Crippen LogP contribution in [0, 0.1) is 0 Å². The molecule has 2 nitrogen and oxygen atoms in total. The number of fused-ring (bicyclic) bond motifs is 7. The van der Waals surface area contributed by atoms with Gasteiger partial charge in [-0.2, -0.15) is 0 Å². The summed E-state index contributed by atoms with van der Waals surface area (Å²) < 4.78 is 7.45. The van der Waals surface area contributed by atoms with Crippen LogP contribution in [0.15, 0.2) is 229 Å². The van der Waals surface area contributed by atoms with Crippen molar-refractivity contribution in [2.75, 3.05) is 4.90 Å². The van der Waals surface area contributed by atoms with E-state index in [4.69, 9.17) is 4.42 Å². The predicted molar refractivity (Wildman–Crippen MR) is 252 cm³/mol. The van der Waals surface area contributed by atoms with Crippen LogP contribution in [0.25, 0.3) is 64.7 Å². The van der Waals surface area contributed by atoms with Gasteiger partial charge in [-0.1, -0.05) is 158 Å². The van der Waals surface area contributed by atoms with Crippen molar-refractivity contribution in [2.45, 2.75) is 5.41 Å². The third-order valence-corrected chi connectivity index (χ3v) is 13.6. The molecule has 0 spiro atoms. The summed E-state index contributed by atoms with van der Waals surface area (Å²) in [5.41, 5.74) is 15.9. The van der Waals surface area contributed by atoms with Gasteiger partial charge >= 0.3 is 0 Å². The largest absolute Gasteiger partial charge is 0.456 e. The topological polar surface area (TPSA) is 16.4 Å². The summed E-state index contributed by atoms with van der Waals surface area (Å²) in [4.78, 5) is 3.65. The van der Waals surface area contributed by atoms with Gasteiger partial charge in [0.2, 0.25) is 0 Å². The number of para-hydroxylation sites is 1. The van der Waals surface area contributed by atoms with Crippen molar-refractivity contribution in [3.63, 3.8) is 0 Å². The minimum Gasteiger partial charge on any atom is -0.456 e. The van der Waals surface area contributed by atoms with Crippen LogP contribution in [0.5, 0.6) is 0 Å². The first kappa shape index (κ1) is 34.6. The summed E-state index contributed by atoms with van der Waals surface area (Å²) in [6, 6.07) is 81.9. The third kappa shape index (κ3) is 5.40. The molecule has 2 heterocycles. The van der Waals surface area contributed by atoms with Gasteiger partial charge in [-0.3, -0.25) is 0 Å². The molecule has 60 heavy (non-hydrogen) atoms. The van der Waals surface area contributed by atoms with Crippen LogP contribution < -0.4 is 4.90 Å². The molecule has 1 aliphatic carbocycles. The van der Waals surface area contributed by atoms with Gasteiger partial charge in [0, 0.05) is 37.4 Å². The average molecular weight is 784 g/mol. The molecule has 11 aromatic rings. The lowest BCUT2D eigenvalue weighted by Crippen LogP contribution is -2.28. The van der Waals surface area contributed by atoms with E-state index in [9.17, 15) is 0 Å². The Labute approximate surface area is 352 Å². The molecule has 282 valence electrons. The van der Waals surface area contributed by atoms with E-state index in [2.05, 4.69) is 217 Å². The summed E-state index contributed by atoms with van der Waals surface area (Å²) in [5, 5.41) is 3.55. The fourth-order valence-electron chi connectivity index (χ4n) is 9.63. The predicted octanol–water partition coefficient (Wildman–Crippen LogP) is 16.0. The Balaban J connectivity index is 0.977. The lowest BCUT2D eigenvalue weighted by molar-refractivity contribution is 0.669. The summed E-state index contributed by atoms with van der Waals surface area (Å²) >= 11 is 1.84. The standard InChI is InChI=1S/C57H37NOS/c1-2-13-42(14-3-1)57(51-18-8-5-15-47(51)48-16-6-9-19-52(48)57)43-27-33-46(34-28-43)58(45-31-24-39(25-32-45)56-37-41-12-4-11-21-55(41)60-56)44-29-22-38(23-30-44)40-26-35-54-50(36-40)49-17-7-10-20-53(49)59-54/h1-37H. The fraction of sp³-hybridized carbons (Fsp3) is 0.0175. The van der Waals surface area contributed by atoms with Crippen molar-refractivity contribution in [3.05, 3.63) is 247 Å². The van der Waals surface area contributed by atoms with Gasteiger partial charge in [-0.25, -0.2) is 0 Å². The van der Waals surface area contributed by atoms with Crippen molar-refractivity contribution >= 4 is 60.4 Å². The highest BCUT2D eigenvalue weighted by Crippen LogP contribution is 2.56. The molecule has 2 aromatic heterocycles. The Bertz CT molecular complexity index is 3280. The normalized spacial score (nSPS) is 12.8. The van der Waals surface area contributed by atoms with Gasteiger partial charge < -0.3 is 9.32 Å². The monoisotopic (exact) mass is 783 g/mol. The van der Waals surface area contributed by atoms with E-state index >= 15 is 0 Å². The molecule has 0 fully saturated rings. The number of benzene rings is 9. The van der Waals surface area contributed by atoms with Crippen molar-refractivity contribution in [3.8, 4) is 32.7 Å². The van der Waals surface area contributed by atoms with Crippen LogP contribution in [0.1, 0.15) is 22.3 Å². The number of hydrogen-bond donors (Lipinski definition) is 0. The SMILES string of the molecule is c1ccc(C2(c3ccc(N(c4ccc(-c5ccc6oc7ccccc7c6c5)cc4)c4ccc(-c5cc6ccccc6s5)cc4)cc3)c3ccccc3-c3ccccc32)cc1. The highest BCUT2D eigenvalue weighted by atomic mass is 32.1. The van der Waals surface area contributed by atoms with Crippen LogP contribution in [0.4, 0.5) is 17.1 Å². The van der Waals surface area contributed by atoms with Crippen LogP contribution in [-0.4, -0.2) is 0 Å². The van der Waals surface area contributed by atoms with E-state index in [1.807, 2.05) is 23.5 Å². The van der Waals surface area contributed by atoms with Crippen molar-refractivity contribution < 1.29 is 4.42 Å². The van der Waals surface area contributed by atoms with Crippen LogP contribution in [0.2, 0.25) is 0 Å². The van der Waals surface area contributed by atoms with Gasteiger partial charge in [0.1, 0.15) is 11.2 Å². The van der Waals surface area contributed by atoms with Gasteiger partial charge in [-0.15, -0.1) is 11.3 Å². The lowest BCUT2D eigenvalue weighted by atomic mass is 9.68. The number of nitrogens with zero attached hydrogens (tertiary/aromatic N) is 1. The minimum atomic E-state index is -0.452. The molecule has 0 bridgehead atoms. The molecule has 0 atom stereocenters. The quantitative estimate of drug-likeness (QED) is 0.160. The van der Waals surface area contributed by atoms with Crippen molar-refractivity contribution in [1.82, 2.24) is 0 Å². The zero-order chi connectivity index (χ0) is 39.6. The molecule has 0 radical (unpaired) electrons. The van der Waals surface area contributed by atoms with Gasteiger partial charge in [0.25, 0.3) is 0 Å². The number of thiophene rings is 1. The molecule has 1 aliphatic rings. The molecule has 9 aromatic carbocycles. The van der Waals surface area contributed by atoms with Crippen molar-refractivity contribution in [1.29, 1.82) is 0 Å². The number of furan rings is 1. The van der Waals surface area contributed by atoms with Gasteiger partial charge in [0.05, 0.1) is 5.41 Å². The van der Waals surface area contributed by atoms with Crippen molar-refractivity contribution in [2.24, 2.45) is 0 Å². The molecule has 3 heteroatoms. The second kappa shape index (κ2) is 13.8. The zero-order valence-electron chi connectivity index (χ0n) is 32.6. The molecule has 0 aliphatic heterocycles. The van der Waals surface area contributed by atoms with E-state index in [0.717, 1.165) is 50.1 Å². The maximum absolute atomic E-state index is 6.14. The molecule has 0 N–H and O–H groups in total. The van der Waals surface area contributed by atoms with Crippen LogP contribution in [0.3, 0.4) is 0 Å². The molecule has 12 rings (SSSR count). The molecule has 0 saturated heterocycles. The maximum Gasteiger partial charge on any atom is 0.135 e. The first-order chi connectivity index (χ1) is 29.7. The molecule has 0 saturated carbocycles. The third-order valence-electron chi connectivity index (χ3n) is 12.4. The highest BCUT2D eigenvalue weighted by molar-refractivity contribution is 7.22. The van der Waals surface area contributed by atoms with E-state index in [1.54, 1.807) is 0 Å². The molecular formula is C57H37NOS. The molecule has 0 amide bonds. The highest BCUT2D eigenvalue weighted by Gasteiger charge is 2.45. The summed E-state index contributed by atoms with van der Waals surface area (Å²) in [6.07, 6.45) is 0. The second-order valence-electron chi connectivity index (χ2n) is 15.6. The Hall–Kier alpha value is -7.46. The lowest BCUT2D eigenvalue weighted by Gasteiger charge is -2.34. The zero-order valence-corrected chi connectivity index (χ0v) is 33.4. The Morgan fingerprint density at radius 3 is 1.62 bits per heavy atom. The molecular weight excluding hydrogens is 747 g/mol. The summed E-state index contributed by atoms with van der Waals surface area (Å²) in [5.74, 6) is 0. The average Bonchev–Trinajstić information content (AvgIpc) is 4.01. The van der Waals surface area contributed by atoms with Gasteiger partial charge in [-0.05, 0) is 122 Å². The first-order valence-electron chi connectivity index (χ1n) is 20.5. The fourth-order valence-corrected chi connectivity index (χ4v) is 10.7. The van der Waals surface area contributed by atoms with Crippen LogP contribution in [-0.2, 0) is 5.41 Å². The number of rotatable bonds is 7. The molecule has 0 unspecified atom stereocenters. The number of hydrogen-bond acceptors (Lipinski definition) is 3. The Morgan fingerprint density at radius 1 is 0.383 bits per heavy atom. The maximum atomic E-state index is 6.14. The summed E-state index contributed by atoms with van der Waals surface area (Å²) in [6.45, 7) is 0. The van der Waals surface area contributed by atoms with Crippen LogP contribution >= 0.6 is 11.3 Å². The van der Waals surface area contributed by atoms with E-state index in [1.165, 1.54) is 53.9 Å². The second-order valence-corrected chi connectivity index (χ2v) is 16.7. The Kier molecular flexibility index (Phi) is 7.97.